The Morgan fingerprint density at radius 2 is 2.05 bits per heavy atom. The normalized spacial score (nSPS) is 22.5. The quantitative estimate of drug-likeness (QED) is 0.794. The molecule has 2 heterocycles. The van der Waals surface area contributed by atoms with Gasteiger partial charge in [0.15, 0.2) is 0 Å². The van der Waals surface area contributed by atoms with Crippen LogP contribution in [0.5, 0.6) is 0 Å². The summed E-state index contributed by atoms with van der Waals surface area (Å²) in [6, 6.07) is 0. The Hall–Kier alpha value is -1.38. The summed E-state index contributed by atoms with van der Waals surface area (Å²) in [5.41, 5.74) is -0.624. The summed E-state index contributed by atoms with van der Waals surface area (Å²) in [6.07, 6.45) is 0.676. The van der Waals surface area contributed by atoms with E-state index in [4.69, 9.17) is 4.42 Å². The summed E-state index contributed by atoms with van der Waals surface area (Å²) < 4.78 is 38.0. The summed E-state index contributed by atoms with van der Waals surface area (Å²) in [4.78, 5) is 11.7. The summed E-state index contributed by atoms with van der Waals surface area (Å²) in [7, 11) is -2.68. The third-order valence-corrected chi connectivity index (χ3v) is 5.40. The number of hydrogen-bond acceptors (Lipinski definition) is 6. The van der Waals surface area contributed by atoms with Crippen LogP contribution in [-0.2, 0) is 14.8 Å². The molecule has 8 heteroatoms. The molecule has 1 aromatic rings. The maximum atomic E-state index is 12.7. The first kappa shape index (κ1) is 16.0. The lowest BCUT2D eigenvalue weighted by atomic mass is 10.0. The van der Waals surface area contributed by atoms with Gasteiger partial charge >= 0.3 is 5.97 Å². The summed E-state index contributed by atoms with van der Waals surface area (Å²) in [5.74, 6) is -0.316. The Bertz CT molecular complexity index is 656. The molecule has 1 saturated heterocycles. The van der Waals surface area contributed by atoms with Crippen molar-refractivity contribution < 1.29 is 22.4 Å². The van der Waals surface area contributed by atoms with Crippen LogP contribution in [0, 0.1) is 13.8 Å². The van der Waals surface area contributed by atoms with Crippen molar-refractivity contribution in [1.29, 1.82) is 0 Å². The highest BCUT2D eigenvalue weighted by molar-refractivity contribution is 7.89. The largest absolute Gasteiger partial charge is 0.465 e. The van der Waals surface area contributed by atoms with E-state index in [0.29, 0.717) is 13.0 Å². The molecule has 7 nitrogen and oxygen atoms in total. The first-order valence-electron chi connectivity index (χ1n) is 6.63. The van der Waals surface area contributed by atoms with Crippen molar-refractivity contribution in [2.24, 2.45) is 0 Å². The van der Waals surface area contributed by atoms with Gasteiger partial charge in [-0.1, -0.05) is 0 Å². The van der Waals surface area contributed by atoms with Crippen LogP contribution in [0.25, 0.3) is 0 Å². The van der Waals surface area contributed by atoms with E-state index in [1.165, 1.54) is 21.0 Å². The zero-order valence-electron chi connectivity index (χ0n) is 12.6. The number of carbonyl (C=O) groups excluding carboxylic acids is 1. The molecule has 1 fully saturated rings. The Labute approximate surface area is 124 Å². The number of carbonyl (C=O) groups is 1. The lowest BCUT2D eigenvalue weighted by Gasteiger charge is -2.24. The van der Waals surface area contributed by atoms with Gasteiger partial charge in [0.25, 0.3) is 0 Å². The Kier molecular flexibility index (Phi) is 4.14. The van der Waals surface area contributed by atoms with Crippen LogP contribution in [0.2, 0.25) is 0 Å². The van der Waals surface area contributed by atoms with Gasteiger partial charge in [-0.15, -0.1) is 0 Å². The lowest BCUT2D eigenvalue weighted by Crippen LogP contribution is -2.47. The third-order valence-electron chi connectivity index (χ3n) is 3.61. The van der Waals surface area contributed by atoms with E-state index in [2.05, 4.69) is 14.8 Å². The zero-order chi connectivity index (χ0) is 15.8. The van der Waals surface area contributed by atoms with Crippen LogP contribution in [0.3, 0.4) is 0 Å². The third kappa shape index (κ3) is 2.97. The minimum Gasteiger partial charge on any atom is -0.465 e. The molecule has 0 radical (unpaired) electrons. The predicted octanol–water partition coefficient (Wildman–Crippen LogP) is 0.713. The number of furan rings is 1. The minimum atomic E-state index is -3.88. The van der Waals surface area contributed by atoms with Gasteiger partial charge in [0, 0.05) is 12.1 Å². The van der Waals surface area contributed by atoms with E-state index >= 15 is 0 Å². The number of rotatable bonds is 4. The van der Waals surface area contributed by atoms with E-state index in [-0.39, 0.29) is 22.0 Å². The number of aryl methyl sites for hydroxylation is 2. The van der Waals surface area contributed by atoms with Crippen LogP contribution < -0.4 is 10.0 Å². The Balaban J connectivity index is 2.47. The molecule has 21 heavy (non-hydrogen) atoms. The van der Waals surface area contributed by atoms with Gasteiger partial charge in [0.2, 0.25) is 10.0 Å². The highest BCUT2D eigenvalue weighted by Crippen LogP contribution is 2.29. The van der Waals surface area contributed by atoms with Crippen LogP contribution in [0.4, 0.5) is 0 Å². The van der Waals surface area contributed by atoms with Gasteiger partial charge < -0.3 is 14.5 Å². The van der Waals surface area contributed by atoms with Gasteiger partial charge in [0.05, 0.1) is 7.11 Å². The second-order valence-electron chi connectivity index (χ2n) is 5.50. The number of hydrogen-bond donors (Lipinski definition) is 2. The van der Waals surface area contributed by atoms with Crippen molar-refractivity contribution in [2.75, 3.05) is 20.2 Å². The van der Waals surface area contributed by atoms with Gasteiger partial charge in [0.1, 0.15) is 22.0 Å². The predicted molar refractivity (Wildman–Crippen MR) is 75.7 cm³/mol. The molecule has 2 N–H and O–H groups in total. The second-order valence-corrected chi connectivity index (χ2v) is 7.12. The van der Waals surface area contributed by atoms with E-state index in [0.717, 1.165) is 6.54 Å². The second kappa shape index (κ2) is 5.43. The topological polar surface area (TPSA) is 97.6 Å². The first-order valence-corrected chi connectivity index (χ1v) is 8.11. The van der Waals surface area contributed by atoms with Crippen molar-refractivity contribution in [2.45, 2.75) is 37.6 Å². The number of methoxy groups -OCH3 is 1. The number of nitrogens with one attached hydrogen (secondary N) is 2. The molecular formula is C13H20N2O5S. The van der Waals surface area contributed by atoms with Crippen molar-refractivity contribution in [3.05, 3.63) is 17.1 Å². The molecule has 118 valence electrons. The maximum Gasteiger partial charge on any atom is 0.342 e. The van der Waals surface area contributed by atoms with Gasteiger partial charge in [-0.3, -0.25) is 0 Å². The fourth-order valence-corrected chi connectivity index (χ4v) is 4.45. The molecule has 0 saturated carbocycles. The highest BCUT2D eigenvalue weighted by atomic mass is 32.2. The van der Waals surface area contributed by atoms with Gasteiger partial charge in [-0.2, -0.15) is 0 Å². The van der Waals surface area contributed by atoms with E-state index in [9.17, 15) is 13.2 Å². The van der Waals surface area contributed by atoms with Crippen LogP contribution in [0.15, 0.2) is 9.31 Å². The molecule has 0 aliphatic carbocycles. The van der Waals surface area contributed by atoms with Gasteiger partial charge in [-0.25, -0.2) is 17.9 Å². The van der Waals surface area contributed by atoms with Crippen LogP contribution in [-0.4, -0.2) is 40.1 Å². The number of esters is 1. The van der Waals surface area contributed by atoms with Crippen LogP contribution >= 0.6 is 0 Å². The average Bonchev–Trinajstić information content (AvgIpc) is 2.91. The standard InChI is InChI=1S/C13H20N2O5S/c1-8-10(12(16)19-4)11(9(2)20-8)21(17,18)15-13(3)5-6-14-7-13/h14-15H,5-7H2,1-4H3. The molecule has 0 bridgehead atoms. The Morgan fingerprint density at radius 3 is 2.57 bits per heavy atom. The smallest absolute Gasteiger partial charge is 0.342 e. The fourth-order valence-electron chi connectivity index (χ4n) is 2.60. The molecule has 1 aliphatic heterocycles. The molecule has 1 unspecified atom stereocenters. The summed E-state index contributed by atoms with van der Waals surface area (Å²) in [6.45, 7) is 6.16. The monoisotopic (exact) mass is 316 g/mol. The minimum absolute atomic E-state index is 0.0444. The molecule has 1 aromatic heterocycles. The fraction of sp³-hybridized carbons (Fsp3) is 0.615. The van der Waals surface area contributed by atoms with Crippen LogP contribution in [0.1, 0.15) is 35.2 Å². The number of ether oxygens (including phenoxy) is 1. The maximum absolute atomic E-state index is 12.7. The molecule has 1 aliphatic rings. The molecule has 0 aromatic carbocycles. The average molecular weight is 316 g/mol. The van der Waals surface area contributed by atoms with Crippen molar-refractivity contribution in [1.82, 2.24) is 10.0 Å². The zero-order valence-corrected chi connectivity index (χ0v) is 13.4. The summed E-state index contributed by atoms with van der Waals surface area (Å²) in [5, 5.41) is 3.11. The summed E-state index contributed by atoms with van der Waals surface area (Å²) >= 11 is 0. The van der Waals surface area contributed by atoms with E-state index in [1.807, 2.05) is 6.92 Å². The molecule has 1 atom stereocenters. The van der Waals surface area contributed by atoms with Crippen molar-refractivity contribution >= 4 is 16.0 Å². The van der Waals surface area contributed by atoms with E-state index < -0.39 is 21.5 Å². The Morgan fingerprint density at radius 1 is 1.38 bits per heavy atom. The SMILES string of the molecule is COC(=O)c1c(C)oc(C)c1S(=O)(=O)NC1(C)CCNC1. The first-order chi connectivity index (χ1) is 9.70. The highest BCUT2D eigenvalue weighted by Gasteiger charge is 2.38. The molecule has 0 spiro atoms. The van der Waals surface area contributed by atoms with Crippen molar-refractivity contribution in [3.8, 4) is 0 Å². The van der Waals surface area contributed by atoms with E-state index in [1.54, 1.807) is 0 Å². The molecule has 2 rings (SSSR count). The molecular weight excluding hydrogens is 296 g/mol. The van der Waals surface area contributed by atoms with Gasteiger partial charge in [-0.05, 0) is 33.7 Å². The molecule has 0 amide bonds. The number of sulfonamides is 1. The lowest BCUT2D eigenvalue weighted by molar-refractivity contribution is 0.0594. The van der Waals surface area contributed by atoms with Crippen molar-refractivity contribution in [3.63, 3.8) is 0 Å².